The number of halogens is 3. The van der Waals surface area contributed by atoms with E-state index < -0.39 is 12.6 Å². The van der Waals surface area contributed by atoms with Crippen molar-refractivity contribution in [2.45, 2.75) is 50.8 Å². The van der Waals surface area contributed by atoms with Crippen LogP contribution in [0.15, 0.2) is 0 Å². The molecular weight excluding hydrogens is 193 g/mol. The SMILES string of the molecule is COC1CCCC(CCC(F)(F)F)C1. The molecule has 4 heteroatoms. The lowest BCUT2D eigenvalue weighted by atomic mass is 9.84. The van der Waals surface area contributed by atoms with Crippen LogP contribution in [0.3, 0.4) is 0 Å². The van der Waals surface area contributed by atoms with Gasteiger partial charge in [0.25, 0.3) is 0 Å². The van der Waals surface area contributed by atoms with Gasteiger partial charge >= 0.3 is 6.18 Å². The molecule has 2 atom stereocenters. The summed E-state index contributed by atoms with van der Waals surface area (Å²) >= 11 is 0. The molecule has 1 nitrogen and oxygen atoms in total. The highest BCUT2D eigenvalue weighted by Crippen LogP contribution is 2.32. The zero-order valence-electron chi connectivity index (χ0n) is 8.44. The second-order valence-electron chi connectivity index (χ2n) is 4.04. The van der Waals surface area contributed by atoms with E-state index in [9.17, 15) is 13.2 Å². The molecule has 0 bridgehead atoms. The largest absolute Gasteiger partial charge is 0.389 e. The van der Waals surface area contributed by atoms with Crippen molar-refractivity contribution in [2.24, 2.45) is 5.92 Å². The number of rotatable bonds is 3. The van der Waals surface area contributed by atoms with Gasteiger partial charge in [-0.2, -0.15) is 13.2 Å². The summed E-state index contributed by atoms with van der Waals surface area (Å²) in [5.41, 5.74) is 0. The first-order valence-corrected chi connectivity index (χ1v) is 5.11. The molecule has 0 saturated heterocycles. The maximum atomic E-state index is 12.0. The minimum absolute atomic E-state index is 0.182. The van der Waals surface area contributed by atoms with Crippen molar-refractivity contribution in [1.29, 1.82) is 0 Å². The molecule has 0 heterocycles. The first-order chi connectivity index (χ1) is 6.51. The smallest absolute Gasteiger partial charge is 0.381 e. The molecule has 0 amide bonds. The van der Waals surface area contributed by atoms with E-state index >= 15 is 0 Å². The third-order valence-electron chi connectivity index (χ3n) is 2.90. The van der Waals surface area contributed by atoms with Gasteiger partial charge in [-0.25, -0.2) is 0 Å². The van der Waals surface area contributed by atoms with Crippen LogP contribution in [0, 0.1) is 5.92 Å². The Balaban J connectivity index is 2.24. The molecule has 1 saturated carbocycles. The quantitative estimate of drug-likeness (QED) is 0.692. The van der Waals surface area contributed by atoms with Crippen LogP contribution in [0.5, 0.6) is 0 Å². The molecule has 1 aliphatic rings. The van der Waals surface area contributed by atoms with E-state index in [0.29, 0.717) is 0 Å². The molecule has 0 spiro atoms. The summed E-state index contributed by atoms with van der Waals surface area (Å²) in [5, 5.41) is 0. The van der Waals surface area contributed by atoms with Crippen molar-refractivity contribution >= 4 is 0 Å². The summed E-state index contributed by atoms with van der Waals surface area (Å²) in [6.07, 6.45) is -0.470. The number of hydrogen-bond acceptors (Lipinski definition) is 1. The second kappa shape index (κ2) is 5.01. The Morgan fingerprint density at radius 1 is 1.29 bits per heavy atom. The van der Waals surface area contributed by atoms with Gasteiger partial charge in [0.1, 0.15) is 0 Å². The van der Waals surface area contributed by atoms with Gasteiger partial charge in [0.2, 0.25) is 0 Å². The third-order valence-corrected chi connectivity index (χ3v) is 2.90. The van der Waals surface area contributed by atoms with E-state index in [1.807, 2.05) is 0 Å². The molecule has 1 rings (SSSR count). The van der Waals surface area contributed by atoms with E-state index in [-0.39, 0.29) is 18.4 Å². The Kier molecular flexibility index (Phi) is 4.23. The lowest BCUT2D eigenvalue weighted by molar-refractivity contribution is -0.138. The average molecular weight is 210 g/mol. The van der Waals surface area contributed by atoms with Crippen LogP contribution < -0.4 is 0 Å². The molecule has 0 aliphatic heterocycles. The van der Waals surface area contributed by atoms with Crippen LogP contribution >= 0.6 is 0 Å². The van der Waals surface area contributed by atoms with Gasteiger partial charge in [0.05, 0.1) is 6.10 Å². The van der Waals surface area contributed by atoms with Crippen molar-refractivity contribution in [3.8, 4) is 0 Å². The van der Waals surface area contributed by atoms with Gasteiger partial charge in [0, 0.05) is 13.5 Å². The monoisotopic (exact) mass is 210 g/mol. The topological polar surface area (TPSA) is 9.23 Å². The summed E-state index contributed by atoms with van der Waals surface area (Å²) in [7, 11) is 1.64. The van der Waals surface area contributed by atoms with Gasteiger partial charge in [0.15, 0.2) is 0 Å². The predicted octanol–water partition coefficient (Wildman–Crippen LogP) is 3.53. The standard InChI is InChI=1S/C10H17F3O/c1-14-9-4-2-3-8(7-9)5-6-10(11,12)13/h8-9H,2-7H2,1H3. The predicted molar refractivity (Wildman–Crippen MR) is 48.0 cm³/mol. The summed E-state index contributed by atoms with van der Waals surface area (Å²) in [5.74, 6) is 0.204. The Labute approximate surface area is 82.6 Å². The molecule has 84 valence electrons. The third kappa shape index (κ3) is 4.31. The van der Waals surface area contributed by atoms with Gasteiger partial charge in [-0.15, -0.1) is 0 Å². The van der Waals surface area contributed by atoms with Gasteiger partial charge in [-0.05, 0) is 25.2 Å². The lowest BCUT2D eigenvalue weighted by Crippen LogP contribution is -2.23. The summed E-state index contributed by atoms with van der Waals surface area (Å²) in [6, 6.07) is 0. The van der Waals surface area contributed by atoms with Gasteiger partial charge in [-0.1, -0.05) is 12.8 Å². The van der Waals surface area contributed by atoms with Crippen molar-refractivity contribution < 1.29 is 17.9 Å². The minimum atomic E-state index is -4.00. The number of hydrogen-bond donors (Lipinski definition) is 0. The van der Waals surface area contributed by atoms with Crippen LogP contribution in [0.4, 0.5) is 13.2 Å². The van der Waals surface area contributed by atoms with E-state index in [0.717, 1.165) is 25.7 Å². The van der Waals surface area contributed by atoms with E-state index in [1.54, 1.807) is 7.11 Å². The Morgan fingerprint density at radius 3 is 2.57 bits per heavy atom. The molecule has 1 fully saturated rings. The van der Waals surface area contributed by atoms with Gasteiger partial charge in [-0.3, -0.25) is 0 Å². The summed E-state index contributed by atoms with van der Waals surface area (Å²) < 4.78 is 41.0. The molecular formula is C10H17F3O. The van der Waals surface area contributed by atoms with Gasteiger partial charge < -0.3 is 4.74 Å². The first-order valence-electron chi connectivity index (χ1n) is 5.11. The maximum Gasteiger partial charge on any atom is 0.389 e. The fourth-order valence-electron chi connectivity index (χ4n) is 2.09. The van der Waals surface area contributed by atoms with Crippen LogP contribution in [-0.2, 0) is 4.74 Å². The fraction of sp³-hybridized carbons (Fsp3) is 1.00. The number of alkyl halides is 3. The van der Waals surface area contributed by atoms with Crippen molar-refractivity contribution in [3.63, 3.8) is 0 Å². The average Bonchev–Trinajstić information content (AvgIpc) is 2.14. The number of ether oxygens (including phenoxy) is 1. The Bertz CT molecular complexity index is 167. The van der Waals surface area contributed by atoms with Crippen LogP contribution in [0.2, 0.25) is 0 Å². The van der Waals surface area contributed by atoms with E-state index in [2.05, 4.69) is 0 Å². The van der Waals surface area contributed by atoms with Crippen molar-refractivity contribution in [3.05, 3.63) is 0 Å². The zero-order chi connectivity index (χ0) is 10.6. The molecule has 0 radical (unpaired) electrons. The maximum absolute atomic E-state index is 12.0. The highest BCUT2D eigenvalue weighted by Gasteiger charge is 2.30. The van der Waals surface area contributed by atoms with Crippen LogP contribution in [-0.4, -0.2) is 19.4 Å². The second-order valence-corrected chi connectivity index (χ2v) is 4.04. The molecule has 2 unspecified atom stereocenters. The molecule has 0 aromatic heterocycles. The first kappa shape index (κ1) is 11.8. The van der Waals surface area contributed by atoms with Crippen LogP contribution in [0.25, 0.3) is 0 Å². The van der Waals surface area contributed by atoms with Crippen molar-refractivity contribution in [2.75, 3.05) is 7.11 Å². The molecule has 0 aromatic rings. The highest BCUT2D eigenvalue weighted by atomic mass is 19.4. The van der Waals surface area contributed by atoms with Crippen LogP contribution in [0.1, 0.15) is 38.5 Å². The summed E-state index contributed by atoms with van der Waals surface area (Å²) in [6.45, 7) is 0. The highest BCUT2D eigenvalue weighted by molar-refractivity contribution is 4.74. The number of methoxy groups -OCH3 is 1. The normalized spacial score (nSPS) is 29.1. The molecule has 0 N–H and O–H groups in total. The molecule has 0 aromatic carbocycles. The van der Waals surface area contributed by atoms with Crippen molar-refractivity contribution in [1.82, 2.24) is 0 Å². The Morgan fingerprint density at radius 2 is 2.00 bits per heavy atom. The minimum Gasteiger partial charge on any atom is -0.381 e. The van der Waals surface area contributed by atoms with E-state index in [4.69, 9.17) is 4.74 Å². The molecule has 1 aliphatic carbocycles. The zero-order valence-corrected chi connectivity index (χ0v) is 8.44. The fourth-order valence-corrected chi connectivity index (χ4v) is 2.09. The van der Waals surface area contributed by atoms with E-state index in [1.165, 1.54) is 0 Å². The molecule has 14 heavy (non-hydrogen) atoms. The summed E-state index contributed by atoms with van der Waals surface area (Å²) in [4.78, 5) is 0. The Hall–Kier alpha value is -0.250. The lowest BCUT2D eigenvalue weighted by Gasteiger charge is -2.28.